The van der Waals surface area contributed by atoms with Gasteiger partial charge in [0.15, 0.2) is 0 Å². The number of benzene rings is 1. The molecule has 0 saturated carbocycles. The highest BCUT2D eigenvalue weighted by molar-refractivity contribution is 8.68. The zero-order valence-electron chi connectivity index (χ0n) is 7.18. The second kappa shape index (κ2) is 6.18. The fourth-order valence-corrected chi connectivity index (χ4v) is 2.95. The summed E-state index contributed by atoms with van der Waals surface area (Å²) < 4.78 is 11.1. The van der Waals surface area contributed by atoms with Gasteiger partial charge in [-0.3, -0.25) is 0 Å². The van der Waals surface area contributed by atoms with E-state index >= 15 is 0 Å². The van der Waals surface area contributed by atoms with Gasteiger partial charge in [-0.2, -0.15) is 0 Å². The third kappa shape index (κ3) is 4.45. The summed E-state index contributed by atoms with van der Waals surface area (Å²) in [5.41, 5.74) is 1.17. The molecule has 0 unspecified atom stereocenters. The quantitative estimate of drug-likeness (QED) is 0.759. The first-order chi connectivity index (χ1) is 6.33. The van der Waals surface area contributed by atoms with Gasteiger partial charge in [0.25, 0.3) is 0 Å². The van der Waals surface area contributed by atoms with E-state index in [1.54, 1.807) is 0 Å². The predicted octanol–water partition coefficient (Wildman–Crippen LogP) is 1.58. The Morgan fingerprint density at radius 3 is 2.62 bits per heavy atom. The van der Waals surface area contributed by atoms with Gasteiger partial charge >= 0.3 is 0 Å². The lowest BCUT2D eigenvalue weighted by molar-refractivity contribution is 0.321. The summed E-state index contributed by atoms with van der Waals surface area (Å²) in [6.45, 7) is -0.00555. The van der Waals surface area contributed by atoms with Crippen molar-refractivity contribution < 1.29 is 9.32 Å². The van der Waals surface area contributed by atoms with Crippen LogP contribution in [0.25, 0.3) is 0 Å². The topological polar surface area (TPSA) is 37.3 Å². The van der Waals surface area contributed by atoms with Crippen LogP contribution >= 0.6 is 10.8 Å². The van der Waals surface area contributed by atoms with Gasteiger partial charge in [-0.15, -0.1) is 0 Å². The van der Waals surface area contributed by atoms with Crippen LogP contribution in [-0.4, -0.2) is 21.7 Å². The van der Waals surface area contributed by atoms with Crippen LogP contribution in [0.4, 0.5) is 0 Å². The summed E-state index contributed by atoms with van der Waals surface area (Å²) in [4.78, 5) is 0. The van der Waals surface area contributed by atoms with Crippen LogP contribution in [0.2, 0.25) is 0 Å². The molecule has 0 amide bonds. The van der Waals surface area contributed by atoms with Crippen LogP contribution in [0, 0.1) is 0 Å². The molecular weight excluding hydrogens is 204 g/mol. The molecular formula is C9H12O2S2. The maximum Gasteiger partial charge on any atom is 0.0830 e. The normalized spacial score (nSPS) is 12.7. The van der Waals surface area contributed by atoms with Crippen LogP contribution in [0.3, 0.4) is 0 Å². The first-order valence-electron chi connectivity index (χ1n) is 3.99. The van der Waals surface area contributed by atoms with Crippen molar-refractivity contribution in [1.29, 1.82) is 0 Å². The van der Waals surface area contributed by atoms with Crippen LogP contribution in [-0.2, 0) is 15.6 Å². The third-order valence-corrected chi connectivity index (χ3v) is 4.33. The molecule has 0 aliphatic carbocycles. The summed E-state index contributed by atoms with van der Waals surface area (Å²) in [6.07, 6.45) is 0. The van der Waals surface area contributed by atoms with Gasteiger partial charge in [-0.25, -0.2) is 4.21 Å². The van der Waals surface area contributed by atoms with Crippen molar-refractivity contribution in [2.75, 3.05) is 12.4 Å². The summed E-state index contributed by atoms with van der Waals surface area (Å²) >= 11 is 0. The Morgan fingerprint density at radius 1 is 1.31 bits per heavy atom. The minimum atomic E-state index is -0.954. The Kier molecular flexibility index (Phi) is 5.12. The fourth-order valence-electron chi connectivity index (χ4n) is 0.841. The van der Waals surface area contributed by atoms with E-state index in [0.29, 0.717) is 5.75 Å². The van der Waals surface area contributed by atoms with Crippen molar-refractivity contribution >= 4 is 20.6 Å². The predicted molar refractivity (Wildman–Crippen MR) is 57.8 cm³/mol. The van der Waals surface area contributed by atoms with E-state index in [-0.39, 0.29) is 6.61 Å². The molecule has 1 atom stereocenters. The number of hydrogen-bond acceptors (Lipinski definition) is 3. The Morgan fingerprint density at radius 2 is 2.00 bits per heavy atom. The molecule has 1 N–H and O–H groups in total. The summed E-state index contributed by atoms with van der Waals surface area (Å²) in [5.74, 6) is 1.10. The molecule has 4 heteroatoms. The van der Waals surface area contributed by atoms with Crippen LogP contribution in [0.15, 0.2) is 30.3 Å². The summed E-state index contributed by atoms with van der Waals surface area (Å²) in [5, 5.41) is 8.53. The second-order valence-corrected chi connectivity index (χ2v) is 5.84. The van der Waals surface area contributed by atoms with Crippen molar-refractivity contribution in [2.24, 2.45) is 0 Å². The molecule has 0 fully saturated rings. The fraction of sp³-hybridized carbons (Fsp3) is 0.333. The minimum absolute atomic E-state index is 0.00555. The molecule has 0 aromatic heterocycles. The molecule has 1 aromatic rings. The second-order valence-electron chi connectivity index (χ2n) is 2.48. The Hall–Kier alpha value is -0.320. The monoisotopic (exact) mass is 216 g/mol. The minimum Gasteiger partial charge on any atom is -0.395 e. The lowest BCUT2D eigenvalue weighted by Gasteiger charge is -1.99. The van der Waals surface area contributed by atoms with Gasteiger partial charge in [0, 0.05) is 5.75 Å². The van der Waals surface area contributed by atoms with Crippen molar-refractivity contribution in [3.63, 3.8) is 0 Å². The smallest absolute Gasteiger partial charge is 0.0830 e. The van der Waals surface area contributed by atoms with Gasteiger partial charge in [-0.05, 0) is 5.56 Å². The number of aliphatic hydroxyl groups is 1. The van der Waals surface area contributed by atoms with Crippen molar-refractivity contribution in [3.8, 4) is 0 Å². The first kappa shape index (κ1) is 10.8. The molecule has 2 nitrogen and oxygen atoms in total. The lowest BCUT2D eigenvalue weighted by atomic mass is 10.2. The molecule has 0 spiro atoms. The number of rotatable bonds is 5. The third-order valence-electron chi connectivity index (χ3n) is 1.46. The van der Waals surface area contributed by atoms with E-state index in [4.69, 9.17) is 5.11 Å². The summed E-state index contributed by atoms with van der Waals surface area (Å²) in [7, 11) is 0.412. The molecule has 1 aromatic carbocycles. The average molecular weight is 216 g/mol. The zero-order valence-corrected chi connectivity index (χ0v) is 8.81. The summed E-state index contributed by atoms with van der Waals surface area (Å²) in [6, 6.07) is 9.89. The van der Waals surface area contributed by atoms with Crippen molar-refractivity contribution in [2.45, 2.75) is 5.75 Å². The van der Waals surface area contributed by atoms with Gasteiger partial charge in [0.2, 0.25) is 0 Å². The SMILES string of the molecule is O=[S@@](CCO)SCc1ccccc1. The maximum atomic E-state index is 11.1. The molecule has 72 valence electrons. The molecule has 0 aliphatic rings. The Labute approximate surface area is 84.2 Å². The molecule has 0 saturated heterocycles. The molecule has 0 radical (unpaired) electrons. The van der Waals surface area contributed by atoms with E-state index in [2.05, 4.69) is 0 Å². The molecule has 0 bridgehead atoms. The highest BCUT2D eigenvalue weighted by atomic mass is 33.1. The first-order valence-corrected chi connectivity index (χ1v) is 6.81. The van der Waals surface area contributed by atoms with Gasteiger partial charge in [-0.1, -0.05) is 41.1 Å². The standard InChI is InChI=1S/C9H12O2S2/c10-6-7-13(11)12-8-9-4-2-1-3-5-9/h1-5,10H,6-8H2/t13-/m1/s1. The van der Waals surface area contributed by atoms with Crippen LogP contribution in [0.5, 0.6) is 0 Å². The Bertz CT molecular complexity index is 262. The highest BCUT2D eigenvalue weighted by Crippen LogP contribution is 2.15. The van der Waals surface area contributed by atoms with E-state index in [0.717, 1.165) is 5.75 Å². The lowest BCUT2D eigenvalue weighted by Crippen LogP contribution is -1.97. The van der Waals surface area contributed by atoms with Crippen LogP contribution in [0.1, 0.15) is 5.56 Å². The van der Waals surface area contributed by atoms with E-state index in [1.165, 1.54) is 16.4 Å². The van der Waals surface area contributed by atoms with Crippen molar-refractivity contribution in [1.82, 2.24) is 0 Å². The Balaban J connectivity index is 2.31. The number of aliphatic hydroxyl groups excluding tert-OH is 1. The van der Waals surface area contributed by atoms with E-state index in [9.17, 15) is 4.21 Å². The largest absolute Gasteiger partial charge is 0.395 e. The maximum absolute atomic E-state index is 11.1. The molecule has 13 heavy (non-hydrogen) atoms. The van der Waals surface area contributed by atoms with Crippen molar-refractivity contribution in [3.05, 3.63) is 35.9 Å². The van der Waals surface area contributed by atoms with E-state index in [1.807, 2.05) is 30.3 Å². The van der Waals surface area contributed by atoms with Crippen LogP contribution < -0.4 is 0 Å². The molecule has 1 rings (SSSR count). The van der Waals surface area contributed by atoms with Gasteiger partial charge in [0.05, 0.1) is 22.2 Å². The molecule has 0 heterocycles. The van der Waals surface area contributed by atoms with E-state index < -0.39 is 9.83 Å². The van der Waals surface area contributed by atoms with Gasteiger partial charge < -0.3 is 5.11 Å². The zero-order chi connectivity index (χ0) is 9.52. The average Bonchev–Trinajstić information content (AvgIpc) is 2.17. The molecule has 0 aliphatic heterocycles. The van der Waals surface area contributed by atoms with Gasteiger partial charge in [0.1, 0.15) is 0 Å². The highest BCUT2D eigenvalue weighted by Gasteiger charge is 1.99. The number of hydrogen-bond donors (Lipinski definition) is 1.